The van der Waals surface area contributed by atoms with Crippen LogP contribution in [0.25, 0.3) is 11.3 Å². The molecule has 0 fully saturated rings. The van der Waals surface area contributed by atoms with Gasteiger partial charge in [0.1, 0.15) is 11.4 Å². The van der Waals surface area contributed by atoms with Crippen molar-refractivity contribution >= 4 is 5.97 Å². The molecule has 2 rings (SSSR count). The quantitative estimate of drug-likeness (QED) is 0.836. The normalized spacial score (nSPS) is 10.6. The van der Waals surface area contributed by atoms with Crippen molar-refractivity contribution in [1.29, 1.82) is 0 Å². The van der Waals surface area contributed by atoms with Gasteiger partial charge in [-0.2, -0.15) is 28.2 Å². The summed E-state index contributed by atoms with van der Waals surface area (Å²) in [6.45, 7) is 0. The van der Waals surface area contributed by atoms with Gasteiger partial charge in [-0.1, -0.05) is 12.1 Å². The second-order valence-corrected chi connectivity index (χ2v) is 3.54. The first-order valence-electron chi connectivity index (χ1n) is 5.16. The summed E-state index contributed by atoms with van der Waals surface area (Å²) in [6, 6.07) is 7.06. The van der Waals surface area contributed by atoms with E-state index in [0.717, 1.165) is 0 Å². The zero-order valence-electron chi connectivity index (χ0n) is 10.2. The molecule has 0 aliphatic rings. The molecule has 0 saturated heterocycles. The largest absolute Gasteiger partial charge is 0.507 e. The minimum atomic E-state index is -5.08. The molecular formula is C11H10F3N3O3. The SMILES string of the molecule is Cn1ncc(-c2ccccc2O)n1.O=C(O)C(F)(F)F. The first kappa shape index (κ1) is 15.5. The minimum absolute atomic E-state index is 0.225. The molecule has 0 bridgehead atoms. The van der Waals surface area contributed by atoms with Gasteiger partial charge in [-0.3, -0.25) is 0 Å². The molecule has 1 aromatic heterocycles. The van der Waals surface area contributed by atoms with E-state index in [2.05, 4.69) is 10.2 Å². The lowest BCUT2D eigenvalue weighted by Gasteiger charge is -1.97. The Balaban J connectivity index is 0.000000246. The molecule has 0 radical (unpaired) electrons. The molecule has 20 heavy (non-hydrogen) atoms. The lowest BCUT2D eigenvalue weighted by atomic mass is 10.1. The van der Waals surface area contributed by atoms with Crippen LogP contribution in [0.1, 0.15) is 0 Å². The van der Waals surface area contributed by atoms with Crippen molar-refractivity contribution < 1.29 is 28.2 Å². The van der Waals surface area contributed by atoms with E-state index in [1.807, 2.05) is 6.07 Å². The number of rotatable bonds is 1. The van der Waals surface area contributed by atoms with Gasteiger partial charge in [0.25, 0.3) is 0 Å². The third kappa shape index (κ3) is 4.26. The number of para-hydroxylation sites is 1. The van der Waals surface area contributed by atoms with Crippen molar-refractivity contribution in [3.63, 3.8) is 0 Å². The highest BCUT2D eigenvalue weighted by molar-refractivity contribution is 5.73. The summed E-state index contributed by atoms with van der Waals surface area (Å²) < 4.78 is 31.7. The van der Waals surface area contributed by atoms with E-state index in [1.54, 1.807) is 31.4 Å². The van der Waals surface area contributed by atoms with Gasteiger partial charge in [-0.25, -0.2) is 4.79 Å². The van der Waals surface area contributed by atoms with Crippen molar-refractivity contribution in [2.45, 2.75) is 6.18 Å². The fourth-order valence-electron chi connectivity index (χ4n) is 1.16. The van der Waals surface area contributed by atoms with E-state index in [-0.39, 0.29) is 5.75 Å². The first-order valence-corrected chi connectivity index (χ1v) is 5.16. The molecule has 0 unspecified atom stereocenters. The maximum atomic E-state index is 10.6. The van der Waals surface area contributed by atoms with Crippen LogP contribution in [-0.4, -0.2) is 37.4 Å². The van der Waals surface area contributed by atoms with Crippen molar-refractivity contribution in [1.82, 2.24) is 15.0 Å². The second-order valence-electron chi connectivity index (χ2n) is 3.54. The number of aliphatic carboxylic acids is 1. The Morgan fingerprint density at radius 1 is 1.30 bits per heavy atom. The predicted molar refractivity (Wildman–Crippen MR) is 61.8 cm³/mol. The molecule has 1 aromatic carbocycles. The number of hydrogen-bond donors (Lipinski definition) is 2. The van der Waals surface area contributed by atoms with Gasteiger partial charge in [0.05, 0.1) is 6.20 Å². The molecule has 1 heterocycles. The lowest BCUT2D eigenvalue weighted by Crippen LogP contribution is -2.21. The van der Waals surface area contributed by atoms with Crippen LogP contribution in [0.2, 0.25) is 0 Å². The van der Waals surface area contributed by atoms with Gasteiger partial charge < -0.3 is 10.2 Å². The van der Waals surface area contributed by atoms with Crippen LogP contribution in [0.15, 0.2) is 30.5 Å². The summed E-state index contributed by atoms with van der Waals surface area (Å²) in [5.74, 6) is -2.53. The zero-order chi connectivity index (χ0) is 15.3. The van der Waals surface area contributed by atoms with Gasteiger partial charge in [0.2, 0.25) is 0 Å². The Morgan fingerprint density at radius 2 is 1.85 bits per heavy atom. The van der Waals surface area contributed by atoms with E-state index in [4.69, 9.17) is 9.90 Å². The average molecular weight is 289 g/mol. The van der Waals surface area contributed by atoms with Crippen LogP contribution in [0.3, 0.4) is 0 Å². The number of alkyl halides is 3. The molecule has 2 N–H and O–H groups in total. The zero-order valence-corrected chi connectivity index (χ0v) is 10.2. The van der Waals surface area contributed by atoms with Crippen LogP contribution in [0, 0.1) is 0 Å². The Hall–Kier alpha value is -2.58. The van der Waals surface area contributed by atoms with Gasteiger partial charge in [-0.05, 0) is 12.1 Å². The van der Waals surface area contributed by atoms with Gasteiger partial charge in [-0.15, -0.1) is 0 Å². The maximum Gasteiger partial charge on any atom is 0.490 e. The maximum absolute atomic E-state index is 10.6. The van der Waals surface area contributed by atoms with Gasteiger partial charge in [0.15, 0.2) is 0 Å². The topological polar surface area (TPSA) is 88.2 Å². The van der Waals surface area contributed by atoms with Crippen molar-refractivity contribution in [3.05, 3.63) is 30.5 Å². The number of phenolic OH excluding ortho intramolecular Hbond substituents is 1. The highest BCUT2D eigenvalue weighted by Gasteiger charge is 2.38. The summed E-state index contributed by atoms with van der Waals surface area (Å²) in [4.78, 5) is 10.4. The molecule has 0 spiro atoms. The average Bonchev–Trinajstić information content (AvgIpc) is 2.76. The number of aromatic nitrogens is 3. The highest BCUT2D eigenvalue weighted by atomic mass is 19.4. The van der Waals surface area contributed by atoms with E-state index in [1.165, 1.54) is 4.80 Å². The summed E-state index contributed by atoms with van der Waals surface area (Å²) in [6.07, 6.45) is -3.46. The Kier molecular flexibility index (Phi) is 4.68. The number of benzene rings is 1. The second kappa shape index (κ2) is 6.04. The predicted octanol–water partition coefficient (Wildman–Crippen LogP) is 1.82. The van der Waals surface area contributed by atoms with Crippen LogP contribution < -0.4 is 0 Å². The van der Waals surface area contributed by atoms with Crippen LogP contribution in [0.4, 0.5) is 13.2 Å². The minimum Gasteiger partial charge on any atom is -0.507 e. The molecular weight excluding hydrogens is 279 g/mol. The fraction of sp³-hybridized carbons (Fsp3) is 0.182. The monoisotopic (exact) mass is 289 g/mol. The third-order valence-corrected chi connectivity index (χ3v) is 2.02. The van der Waals surface area contributed by atoms with E-state index in [0.29, 0.717) is 11.3 Å². The molecule has 0 amide bonds. The highest BCUT2D eigenvalue weighted by Crippen LogP contribution is 2.25. The van der Waals surface area contributed by atoms with Crippen molar-refractivity contribution in [2.75, 3.05) is 0 Å². The standard InChI is InChI=1S/C9H9N3O.C2HF3O2/c1-12-10-6-8(11-12)7-4-2-3-5-9(7)13;3-2(4,5)1(6)7/h2-6,13H,1H3;(H,6,7). The third-order valence-electron chi connectivity index (χ3n) is 2.02. The summed E-state index contributed by atoms with van der Waals surface area (Å²) in [5.41, 5.74) is 1.39. The number of carbonyl (C=O) groups is 1. The Morgan fingerprint density at radius 3 is 2.25 bits per heavy atom. The van der Waals surface area contributed by atoms with E-state index < -0.39 is 12.1 Å². The summed E-state index contributed by atoms with van der Waals surface area (Å²) in [7, 11) is 1.74. The molecule has 0 aliphatic heterocycles. The number of halogens is 3. The van der Waals surface area contributed by atoms with Gasteiger partial charge >= 0.3 is 12.1 Å². The number of phenols is 1. The number of aryl methyl sites for hydroxylation is 1. The molecule has 6 nitrogen and oxygen atoms in total. The number of carboxylic acids is 1. The van der Waals surface area contributed by atoms with Crippen molar-refractivity contribution in [2.24, 2.45) is 7.05 Å². The number of hydrogen-bond acceptors (Lipinski definition) is 4. The van der Waals surface area contributed by atoms with E-state index >= 15 is 0 Å². The molecule has 0 saturated carbocycles. The molecule has 2 aromatic rings. The lowest BCUT2D eigenvalue weighted by molar-refractivity contribution is -0.192. The number of carboxylic acid groups (broad SMARTS) is 1. The molecule has 0 atom stereocenters. The van der Waals surface area contributed by atoms with E-state index in [9.17, 15) is 18.3 Å². The Bertz CT molecular complexity index is 596. The smallest absolute Gasteiger partial charge is 0.490 e. The first-order chi connectivity index (χ1) is 9.21. The molecule has 9 heteroatoms. The van der Waals surface area contributed by atoms with Crippen LogP contribution in [0.5, 0.6) is 5.75 Å². The van der Waals surface area contributed by atoms with Gasteiger partial charge in [0, 0.05) is 12.6 Å². The summed E-state index contributed by atoms with van der Waals surface area (Å²) >= 11 is 0. The number of aromatic hydroxyl groups is 1. The van der Waals surface area contributed by atoms with Crippen LogP contribution in [-0.2, 0) is 11.8 Å². The van der Waals surface area contributed by atoms with Crippen molar-refractivity contribution in [3.8, 4) is 17.0 Å². The molecule has 0 aliphatic carbocycles. The fourth-order valence-corrected chi connectivity index (χ4v) is 1.16. The number of nitrogens with zero attached hydrogens (tertiary/aromatic N) is 3. The van der Waals surface area contributed by atoms with Crippen LogP contribution >= 0.6 is 0 Å². The molecule has 108 valence electrons. The summed E-state index contributed by atoms with van der Waals surface area (Å²) in [5, 5.41) is 24.6. The Labute approximate surface area is 111 Å².